The summed E-state index contributed by atoms with van der Waals surface area (Å²) in [5.41, 5.74) is 1.49. The van der Waals surface area contributed by atoms with Crippen molar-refractivity contribution < 1.29 is 13.7 Å². The van der Waals surface area contributed by atoms with Crippen LogP contribution in [-0.2, 0) is 6.42 Å². The van der Waals surface area contributed by atoms with Gasteiger partial charge in [0.1, 0.15) is 11.6 Å². The molecule has 0 saturated heterocycles. The number of halogens is 1. The average Bonchev–Trinajstić information content (AvgIpc) is 3.06. The molecule has 0 amide bonds. The van der Waals surface area contributed by atoms with Gasteiger partial charge in [0.05, 0.1) is 12.2 Å². The molecule has 0 aliphatic carbocycles. The zero-order valence-electron chi connectivity index (χ0n) is 13.3. The van der Waals surface area contributed by atoms with Crippen LogP contribution in [0, 0.1) is 5.82 Å². The molecule has 1 heterocycles. The first-order valence-electron chi connectivity index (χ1n) is 7.80. The smallest absolute Gasteiger partial charge is 0.321 e. The van der Waals surface area contributed by atoms with E-state index in [1.165, 1.54) is 11.6 Å². The van der Waals surface area contributed by atoms with Crippen LogP contribution in [0.25, 0.3) is 11.4 Å². The monoisotopic (exact) mass is 327 g/mol. The minimum atomic E-state index is -0.376. The normalized spacial score (nSPS) is 10.6. The number of rotatable bonds is 7. The zero-order chi connectivity index (χ0) is 16.8. The van der Waals surface area contributed by atoms with Gasteiger partial charge in [-0.2, -0.15) is 4.98 Å². The van der Waals surface area contributed by atoms with E-state index < -0.39 is 0 Å². The van der Waals surface area contributed by atoms with Gasteiger partial charge in [0.15, 0.2) is 0 Å². The lowest BCUT2D eigenvalue weighted by atomic mass is 10.1. The first kappa shape index (κ1) is 16.0. The molecule has 0 saturated carbocycles. The summed E-state index contributed by atoms with van der Waals surface area (Å²) < 4.78 is 24.2. The van der Waals surface area contributed by atoms with Crippen molar-refractivity contribution in [3.8, 4) is 17.1 Å². The molecule has 24 heavy (non-hydrogen) atoms. The van der Waals surface area contributed by atoms with Crippen molar-refractivity contribution in [1.82, 2.24) is 10.1 Å². The van der Waals surface area contributed by atoms with Gasteiger partial charge in [-0.3, -0.25) is 0 Å². The van der Waals surface area contributed by atoms with Crippen LogP contribution in [0.3, 0.4) is 0 Å². The van der Waals surface area contributed by atoms with E-state index in [2.05, 4.69) is 15.5 Å². The Bertz CT molecular complexity index is 787. The highest BCUT2D eigenvalue weighted by atomic mass is 19.1. The molecule has 0 aliphatic rings. The molecule has 0 atom stereocenters. The number of benzene rings is 2. The topological polar surface area (TPSA) is 60.2 Å². The van der Waals surface area contributed by atoms with E-state index in [-0.39, 0.29) is 17.7 Å². The van der Waals surface area contributed by atoms with Gasteiger partial charge in [0, 0.05) is 6.54 Å². The molecule has 0 fully saturated rings. The van der Waals surface area contributed by atoms with E-state index in [0.717, 1.165) is 12.2 Å². The standard InChI is InChI=1S/C18H18FN3O2/c1-2-23-14-9-7-13(8-10-14)11-12-20-18-21-17(22-24-18)15-5-3-4-6-16(15)19/h3-10H,2,11-12H2,1H3,(H,20,21,22). The first-order valence-corrected chi connectivity index (χ1v) is 7.80. The van der Waals surface area contributed by atoms with E-state index in [0.29, 0.717) is 18.7 Å². The lowest BCUT2D eigenvalue weighted by Gasteiger charge is -2.05. The number of nitrogens with one attached hydrogen (secondary N) is 1. The number of hydrogen-bond acceptors (Lipinski definition) is 5. The molecule has 124 valence electrons. The molecule has 3 rings (SSSR count). The van der Waals surface area contributed by atoms with Gasteiger partial charge in [0.25, 0.3) is 0 Å². The van der Waals surface area contributed by atoms with Crippen LogP contribution in [0.4, 0.5) is 10.4 Å². The Morgan fingerprint density at radius 3 is 2.67 bits per heavy atom. The van der Waals surface area contributed by atoms with Crippen LogP contribution in [0.2, 0.25) is 0 Å². The molecule has 2 aromatic carbocycles. The fourth-order valence-electron chi connectivity index (χ4n) is 2.28. The third-order valence-electron chi connectivity index (χ3n) is 3.47. The molecule has 0 unspecified atom stereocenters. The summed E-state index contributed by atoms with van der Waals surface area (Å²) in [4.78, 5) is 4.16. The Balaban J connectivity index is 1.55. The van der Waals surface area contributed by atoms with Crippen molar-refractivity contribution in [3.05, 3.63) is 59.9 Å². The summed E-state index contributed by atoms with van der Waals surface area (Å²) in [6.07, 6.45) is 0.795. The van der Waals surface area contributed by atoms with E-state index in [1.54, 1.807) is 18.2 Å². The highest BCUT2D eigenvalue weighted by Gasteiger charge is 2.11. The Kier molecular flexibility index (Phi) is 5.05. The van der Waals surface area contributed by atoms with Crippen LogP contribution in [0.1, 0.15) is 12.5 Å². The minimum Gasteiger partial charge on any atom is -0.494 e. The summed E-state index contributed by atoms with van der Waals surface area (Å²) >= 11 is 0. The maximum atomic E-state index is 13.7. The average molecular weight is 327 g/mol. The van der Waals surface area contributed by atoms with E-state index in [4.69, 9.17) is 9.26 Å². The minimum absolute atomic E-state index is 0.233. The van der Waals surface area contributed by atoms with Gasteiger partial charge >= 0.3 is 6.01 Å². The van der Waals surface area contributed by atoms with Gasteiger partial charge in [-0.15, -0.1) is 0 Å². The number of hydrogen-bond donors (Lipinski definition) is 1. The Labute approximate surface area is 139 Å². The molecule has 6 heteroatoms. The SMILES string of the molecule is CCOc1ccc(CCNc2nc(-c3ccccc3F)no2)cc1. The molecule has 0 spiro atoms. The number of nitrogens with zero attached hydrogens (tertiary/aromatic N) is 2. The molecular formula is C18H18FN3O2. The summed E-state index contributed by atoms with van der Waals surface area (Å²) in [5.74, 6) is 0.719. The number of ether oxygens (including phenoxy) is 1. The zero-order valence-corrected chi connectivity index (χ0v) is 13.3. The molecule has 1 N–H and O–H groups in total. The quantitative estimate of drug-likeness (QED) is 0.712. The third kappa shape index (κ3) is 3.90. The van der Waals surface area contributed by atoms with Crippen molar-refractivity contribution >= 4 is 6.01 Å². The Morgan fingerprint density at radius 1 is 1.12 bits per heavy atom. The second-order valence-corrected chi connectivity index (χ2v) is 5.16. The molecule has 0 bridgehead atoms. The van der Waals surface area contributed by atoms with E-state index in [1.807, 2.05) is 31.2 Å². The lowest BCUT2D eigenvalue weighted by Crippen LogP contribution is -2.05. The Morgan fingerprint density at radius 2 is 1.92 bits per heavy atom. The summed E-state index contributed by atoms with van der Waals surface area (Å²) in [6, 6.07) is 14.5. The maximum Gasteiger partial charge on any atom is 0.321 e. The van der Waals surface area contributed by atoms with Crippen LogP contribution in [0.5, 0.6) is 5.75 Å². The highest BCUT2D eigenvalue weighted by molar-refractivity contribution is 5.56. The molecule has 0 aliphatic heterocycles. The van der Waals surface area contributed by atoms with Gasteiger partial charge in [0.2, 0.25) is 5.82 Å². The van der Waals surface area contributed by atoms with Gasteiger partial charge in [-0.05, 0) is 43.2 Å². The first-order chi connectivity index (χ1) is 11.8. The second kappa shape index (κ2) is 7.59. The number of aromatic nitrogens is 2. The van der Waals surface area contributed by atoms with E-state index >= 15 is 0 Å². The predicted molar refractivity (Wildman–Crippen MR) is 89.5 cm³/mol. The maximum absolute atomic E-state index is 13.7. The largest absolute Gasteiger partial charge is 0.494 e. The van der Waals surface area contributed by atoms with Crippen molar-refractivity contribution in [2.24, 2.45) is 0 Å². The van der Waals surface area contributed by atoms with Crippen molar-refractivity contribution in [2.45, 2.75) is 13.3 Å². The molecule has 3 aromatic rings. The highest BCUT2D eigenvalue weighted by Crippen LogP contribution is 2.20. The fourth-order valence-corrected chi connectivity index (χ4v) is 2.28. The van der Waals surface area contributed by atoms with Crippen molar-refractivity contribution in [1.29, 1.82) is 0 Å². The number of anilines is 1. The Hall–Kier alpha value is -2.89. The van der Waals surface area contributed by atoms with Crippen molar-refractivity contribution in [2.75, 3.05) is 18.5 Å². The molecule has 5 nitrogen and oxygen atoms in total. The van der Waals surface area contributed by atoms with Gasteiger partial charge in [-0.1, -0.05) is 29.4 Å². The lowest BCUT2D eigenvalue weighted by molar-refractivity contribution is 0.340. The predicted octanol–water partition coefficient (Wildman–Crippen LogP) is 3.93. The van der Waals surface area contributed by atoms with Crippen LogP contribution >= 0.6 is 0 Å². The third-order valence-corrected chi connectivity index (χ3v) is 3.47. The summed E-state index contributed by atoms with van der Waals surface area (Å²) in [7, 11) is 0. The second-order valence-electron chi connectivity index (χ2n) is 5.16. The van der Waals surface area contributed by atoms with Crippen LogP contribution in [-0.4, -0.2) is 23.3 Å². The van der Waals surface area contributed by atoms with Crippen molar-refractivity contribution in [3.63, 3.8) is 0 Å². The van der Waals surface area contributed by atoms with Crippen LogP contribution in [0.15, 0.2) is 53.1 Å². The molecule has 1 aromatic heterocycles. The van der Waals surface area contributed by atoms with Gasteiger partial charge in [-0.25, -0.2) is 4.39 Å². The molecule has 0 radical (unpaired) electrons. The summed E-state index contributed by atoms with van der Waals surface area (Å²) in [5, 5.41) is 6.85. The molecular weight excluding hydrogens is 309 g/mol. The van der Waals surface area contributed by atoms with Crippen LogP contribution < -0.4 is 10.1 Å². The van der Waals surface area contributed by atoms with Gasteiger partial charge < -0.3 is 14.6 Å². The summed E-state index contributed by atoms with van der Waals surface area (Å²) in [6.45, 7) is 3.24. The van der Waals surface area contributed by atoms with E-state index in [9.17, 15) is 4.39 Å². The fraction of sp³-hybridized carbons (Fsp3) is 0.222.